The minimum Gasteiger partial charge on any atom is -0.390 e. The summed E-state index contributed by atoms with van der Waals surface area (Å²) in [5.74, 6) is 4.23. The lowest BCUT2D eigenvalue weighted by molar-refractivity contribution is -0.101. The van der Waals surface area contributed by atoms with Crippen molar-refractivity contribution in [2.24, 2.45) is 40.9 Å². The van der Waals surface area contributed by atoms with Crippen molar-refractivity contribution in [3.63, 3.8) is 0 Å². The van der Waals surface area contributed by atoms with Crippen LogP contribution < -0.4 is 4.72 Å². The second-order valence-corrected chi connectivity index (χ2v) is 13.8. The van der Waals surface area contributed by atoms with Crippen molar-refractivity contribution in [2.45, 2.75) is 95.1 Å². The Morgan fingerprint density at radius 2 is 1.66 bits per heavy atom. The van der Waals surface area contributed by atoms with E-state index in [0.29, 0.717) is 16.7 Å². The molecule has 4 aliphatic rings. The molecule has 0 spiro atoms. The summed E-state index contributed by atoms with van der Waals surface area (Å²) in [4.78, 5) is 0.363. The fourth-order valence-corrected chi connectivity index (χ4v) is 10.2. The molecule has 0 aliphatic heterocycles. The topological polar surface area (TPSA) is 66.4 Å². The number of hydrogen-bond acceptors (Lipinski definition) is 3. The van der Waals surface area contributed by atoms with E-state index in [2.05, 4.69) is 18.6 Å². The normalized spacial score (nSPS) is 44.9. The smallest absolute Gasteiger partial charge is 0.240 e. The maximum absolute atomic E-state index is 13.0. The molecule has 4 saturated carbocycles. The molecular weight excluding hydrogens is 418 g/mol. The number of hydrogen-bond donors (Lipinski definition) is 2. The van der Waals surface area contributed by atoms with Gasteiger partial charge in [0.2, 0.25) is 10.0 Å². The molecule has 0 aromatic heterocycles. The molecule has 4 fully saturated rings. The van der Waals surface area contributed by atoms with Crippen molar-refractivity contribution in [3.8, 4) is 0 Å². The SMILES string of the molecule is C[C@@H](NS(=O)(=O)c1ccccc1)C1CC[C@H]2[C@@H]3CC[C@@H]4C[C@](C)(O)CC[C@@H]4[C@H]3CC[C@]12C. The lowest BCUT2D eigenvalue weighted by atomic mass is 9.49. The zero-order valence-electron chi connectivity index (χ0n) is 20.0. The first-order valence-corrected chi connectivity index (χ1v) is 14.4. The fraction of sp³-hybridized carbons (Fsp3) is 0.778. The highest BCUT2D eigenvalue weighted by Crippen LogP contribution is 2.65. The molecule has 5 heteroatoms. The van der Waals surface area contributed by atoms with Gasteiger partial charge in [-0.25, -0.2) is 13.1 Å². The minimum absolute atomic E-state index is 0.0483. The molecule has 0 bridgehead atoms. The van der Waals surface area contributed by atoms with Crippen LogP contribution in [0.4, 0.5) is 0 Å². The third kappa shape index (κ3) is 3.86. The molecule has 1 aromatic rings. The van der Waals surface area contributed by atoms with Crippen LogP contribution in [0.5, 0.6) is 0 Å². The first-order valence-electron chi connectivity index (χ1n) is 12.9. The Kier molecular flexibility index (Phi) is 5.78. The Bertz CT molecular complexity index is 929. The van der Waals surface area contributed by atoms with Gasteiger partial charge in [-0.1, -0.05) is 25.1 Å². The fourth-order valence-electron chi connectivity index (χ4n) is 8.94. The first-order chi connectivity index (χ1) is 15.1. The highest BCUT2D eigenvalue weighted by atomic mass is 32.2. The molecule has 1 aromatic carbocycles. The standard InChI is InChI=1S/C27H41NO3S/c1-18(28-32(30,31)20-7-5-4-6-8-20)24-11-12-25-23-10-9-19-17-26(2,29)15-13-21(19)22(23)14-16-27(24,25)3/h4-8,18-19,21-25,28-29H,9-17H2,1-3H3/t18-,19-,21+,22-,23-,24?,25+,26-,27-/m1/s1. The van der Waals surface area contributed by atoms with Gasteiger partial charge in [0.05, 0.1) is 10.5 Å². The summed E-state index contributed by atoms with van der Waals surface area (Å²) in [5, 5.41) is 10.6. The van der Waals surface area contributed by atoms with Crippen LogP contribution >= 0.6 is 0 Å². The number of nitrogens with one attached hydrogen (secondary N) is 1. The molecule has 1 unspecified atom stereocenters. The largest absolute Gasteiger partial charge is 0.390 e. The quantitative estimate of drug-likeness (QED) is 0.636. The first kappa shape index (κ1) is 22.9. The molecular formula is C27H41NO3S. The lowest BCUT2D eigenvalue weighted by Crippen LogP contribution is -2.52. The Morgan fingerprint density at radius 3 is 2.41 bits per heavy atom. The average molecular weight is 460 g/mol. The van der Waals surface area contributed by atoms with E-state index in [4.69, 9.17) is 0 Å². The van der Waals surface area contributed by atoms with E-state index < -0.39 is 15.6 Å². The van der Waals surface area contributed by atoms with Crippen LogP contribution in [-0.4, -0.2) is 25.2 Å². The molecule has 4 aliphatic carbocycles. The highest BCUT2D eigenvalue weighted by molar-refractivity contribution is 7.89. The van der Waals surface area contributed by atoms with Gasteiger partial charge in [-0.15, -0.1) is 0 Å². The van der Waals surface area contributed by atoms with Gasteiger partial charge in [-0.3, -0.25) is 0 Å². The van der Waals surface area contributed by atoms with Crippen molar-refractivity contribution in [3.05, 3.63) is 30.3 Å². The molecule has 0 amide bonds. The Balaban J connectivity index is 1.31. The van der Waals surface area contributed by atoms with Crippen LogP contribution in [-0.2, 0) is 10.0 Å². The molecule has 32 heavy (non-hydrogen) atoms. The number of fused-ring (bicyclic) bond motifs is 5. The summed E-state index contributed by atoms with van der Waals surface area (Å²) >= 11 is 0. The summed E-state index contributed by atoms with van der Waals surface area (Å²) in [6.45, 7) is 6.59. The summed E-state index contributed by atoms with van der Waals surface area (Å²) in [6, 6.07) is 8.74. The van der Waals surface area contributed by atoms with Crippen molar-refractivity contribution in [1.29, 1.82) is 0 Å². The minimum atomic E-state index is -3.49. The van der Waals surface area contributed by atoms with Gasteiger partial charge >= 0.3 is 0 Å². The predicted octanol–water partition coefficient (Wildman–Crippen LogP) is 5.37. The number of sulfonamides is 1. The number of rotatable bonds is 4. The molecule has 9 atom stereocenters. The van der Waals surface area contributed by atoms with Crippen molar-refractivity contribution in [1.82, 2.24) is 4.72 Å². The van der Waals surface area contributed by atoms with Crippen LogP contribution in [0.2, 0.25) is 0 Å². The summed E-state index contributed by atoms with van der Waals surface area (Å²) in [7, 11) is -3.49. The molecule has 178 valence electrons. The zero-order valence-corrected chi connectivity index (χ0v) is 20.8. The van der Waals surface area contributed by atoms with Gasteiger partial charge in [-0.2, -0.15) is 0 Å². The van der Waals surface area contributed by atoms with Crippen LogP contribution in [0.25, 0.3) is 0 Å². The van der Waals surface area contributed by atoms with E-state index in [1.165, 1.54) is 38.5 Å². The van der Waals surface area contributed by atoms with E-state index >= 15 is 0 Å². The molecule has 0 saturated heterocycles. The van der Waals surface area contributed by atoms with Gasteiger partial charge in [-0.05, 0) is 125 Å². The zero-order chi connectivity index (χ0) is 22.7. The van der Waals surface area contributed by atoms with Crippen LogP contribution in [0.1, 0.15) is 78.6 Å². The van der Waals surface area contributed by atoms with Gasteiger partial charge in [0.25, 0.3) is 0 Å². The van der Waals surface area contributed by atoms with E-state index in [0.717, 1.165) is 42.9 Å². The van der Waals surface area contributed by atoms with Crippen LogP contribution in [0.3, 0.4) is 0 Å². The van der Waals surface area contributed by atoms with Crippen LogP contribution in [0.15, 0.2) is 35.2 Å². The van der Waals surface area contributed by atoms with Crippen molar-refractivity contribution >= 4 is 10.0 Å². The van der Waals surface area contributed by atoms with E-state index in [9.17, 15) is 13.5 Å². The third-order valence-electron chi connectivity index (χ3n) is 10.3. The molecule has 5 rings (SSSR count). The number of benzene rings is 1. The summed E-state index contributed by atoms with van der Waals surface area (Å²) < 4.78 is 29.0. The van der Waals surface area contributed by atoms with E-state index in [-0.39, 0.29) is 11.5 Å². The van der Waals surface area contributed by atoms with Crippen molar-refractivity contribution < 1.29 is 13.5 Å². The number of aliphatic hydroxyl groups is 1. The third-order valence-corrected chi connectivity index (χ3v) is 11.9. The van der Waals surface area contributed by atoms with E-state index in [1.54, 1.807) is 24.3 Å². The van der Waals surface area contributed by atoms with Gasteiger partial charge in [0, 0.05) is 6.04 Å². The Labute approximate surface area is 194 Å². The van der Waals surface area contributed by atoms with Gasteiger partial charge in [0.1, 0.15) is 0 Å². The molecule has 0 heterocycles. The van der Waals surface area contributed by atoms with Crippen LogP contribution in [0, 0.1) is 40.9 Å². The predicted molar refractivity (Wildman–Crippen MR) is 127 cm³/mol. The average Bonchev–Trinajstić information content (AvgIpc) is 3.10. The summed E-state index contributed by atoms with van der Waals surface area (Å²) in [5.41, 5.74) is -0.228. The van der Waals surface area contributed by atoms with E-state index in [1.807, 2.05) is 13.0 Å². The molecule has 2 N–H and O–H groups in total. The molecule has 4 nitrogen and oxygen atoms in total. The second kappa shape index (κ2) is 8.09. The monoisotopic (exact) mass is 459 g/mol. The maximum Gasteiger partial charge on any atom is 0.240 e. The molecule has 0 radical (unpaired) electrons. The lowest BCUT2D eigenvalue weighted by Gasteiger charge is -2.57. The van der Waals surface area contributed by atoms with Gasteiger partial charge in [0.15, 0.2) is 0 Å². The maximum atomic E-state index is 13.0. The second-order valence-electron chi connectivity index (χ2n) is 12.1. The summed E-state index contributed by atoms with van der Waals surface area (Å²) in [6.07, 6.45) is 10.6. The van der Waals surface area contributed by atoms with Gasteiger partial charge < -0.3 is 5.11 Å². The Hall–Kier alpha value is -0.910. The van der Waals surface area contributed by atoms with Crippen molar-refractivity contribution in [2.75, 3.05) is 0 Å². The highest BCUT2D eigenvalue weighted by Gasteiger charge is 2.58. The Morgan fingerprint density at radius 1 is 0.938 bits per heavy atom.